The molecule has 21 heteroatoms. The van der Waals surface area contributed by atoms with Gasteiger partial charge in [-0.1, -0.05) is 141 Å². The van der Waals surface area contributed by atoms with Gasteiger partial charge in [0.25, 0.3) is 18.8 Å². The third kappa shape index (κ3) is 17.6. The summed E-state index contributed by atoms with van der Waals surface area (Å²) >= 11 is 5.41. The van der Waals surface area contributed by atoms with Crippen molar-refractivity contribution in [1.82, 2.24) is 10.6 Å². The summed E-state index contributed by atoms with van der Waals surface area (Å²) in [6.07, 6.45) is 0.450. The first-order valence-electron chi connectivity index (χ1n) is 27.5. The predicted molar refractivity (Wildman–Crippen MR) is 342 cm³/mol. The molecule has 1 unspecified atom stereocenters. The first-order chi connectivity index (χ1) is 41.2. The second kappa shape index (κ2) is 32.2. The van der Waals surface area contributed by atoms with Crippen LogP contribution in [0.2, 0.25) is 0 Å². The Morgan fingerprint density at radius 1 is 0.624 bits per heavy atom. The van der Waals surface area contributed by atoms with Gasteiger partial charge in [-0.05, 0) is 97.7 Å². The fourth-order valence-corrected chi connectivity index (χ4v) is 14.5. The van der Waals surface area contributed by atoms with E-state index in [4.69, 9.17) is 26.2 Å². The van der Waals surface area contributed by atoms with Gasteiger partial charge in [-0.15, -0.1) is 5.73 Å². The average Bonchev–Trinajstić information content (AvgIpc) is 1.93. The van der Waals surface area contributed by atoms with Gasteiger partial charge in [-0.2, -0.15) is 0 Å². The SMILES string of the molecule is C=C(C(Cc1ccc([N+](=O)[O-])cc1)C(=O)OCC)P1(=O)N(c2ccccc2)CCN1c1ccccc1.C=C=C(Cc1ccc([N+](=O)[O-])cc1)C(=O)OCC.S=C(NCCOP1N(c2ccccc2)CCN1c1ccccc1)NCc1ccccc1. The number of hydrogen-bond acceptors (Lipinski definition) is 13. The van der Waals surface area contributed by atoms with Crippen LogP contribution >= 0.6 is 28.1 Å². The average molecular weight is 1200 g/mol. The molecule has 7 aromatic carbocycles. The second-order valence-electron chi connectivity index (χ2n) is 19.0. The molecule has 0 aromatic heterocycles. The summed E-state index contributed by atoms with van der Waals surface area (Å²) in [5, 5.41) is 29.0. The van der Waals surface area contributed by atoms with Gasteiger partial charge in [0.15, 0.2) is 5.11 Å². The van der Waals surface area contributed by atoms with Crippen LogP contribution in [-0.2, 0) is 47.5 Å². The van der Waals surface area contributed by atoms with Crippen molar-refractivity contribution in [3.05, 3.63) is 267 Å². The number of carbonyl (C=O) groups excluding carboxylic acids is 2. The molecule has 2 saturated heterocycles. The Hall–Kier alpha value is -8.95. The molecule has 7 aromatic rings. The van der Waals surface area contributed by atoms with Gasteiger partial charge in [0, 0.05) is 98.0 Å². The number of thiocarbonyl (C=S) groups is 1. The number of hydrogen-bond donors (Lipinski definition) is 2. The smallest absolute Gasteiger partial charge is 0.342 e. The minimum atomic E-state index is -3.56. The lowest BCUT2D eigenvalue weighted by Gasteiger charge is -2.36. The molecule has 2 aliphatic heterocycles. The molecule has 0 bridgehead atoms. The predicted octanol–water partition coefficient (Wildman–Crippen LogP) is 13.4. The fraction of sp³-hybridized carbons (Fsp3) is 0.219. The Bertz CT molecular complexity index is 3330. The number of nitrogens with zero attached hydrogens (tertiary/aromatic N) is 6. The molecule has 2 N–H and O–H groups in total. The van der Waals surface area contributed by atoms with E-state index in [1.165, 1.54) is 41.2 Å². The maximum absolute atomic E-state index is 15.1. The first-order valence-corrected chi connectivity index (χ1v) is 30.7. The Balaban J connectivity index is 0.000000193. The number of ether oxygens (including phenoxy) is 2. The largest absolute Gasteiger partial charge is 0.466 e. The molecule has 0 spiro atoms. The molecular weight excluding hydrogens is 1130 g/mol. The highest BCUT2D eigenvalue weighted by atomic mass is 32.1. The molecule has 0 saturated carbocycles. The molecule has 18 nitrogen and oxygen atoms in total. The Labute approximate surface area is 502 Å². The van der Waals surface area contributed by atoms with Crippen molar-refractivity contribution >= 4 is 79.3 Å². The van der Waals surface area contributed by atoms with E-state index in [2.05, 4.69) is 99.5 Å². The molecule has 1 atom stereocenters. The van der Waals surface area contributed by atoms with Gasteiger partial charge >= 0.3 is 11.9 Å². The summed E-state index contributed by atoms with van der Waals surface area (Å²) in [6, 6.07) is 62.1. The number of carbonyl (C=O) groups is 2. The topological polar surface area (TPSA) is 202 Å². The summed E-state index contributed by atoms with van der Waals surface area (Å²) in [4.78, 5) is 45.3. The van der Waals surface area contributed by atoms with Crippen molar-refractivity contribution in [1.29, 1.82) is 0 Å². The van der Waals surface area contributed by atoms with Crippen LogP contribution in [0, 0.1) is 26.1 Å². The van der Waals surface area contributed by atoms with E-state index in [0.29, 0.717) is 55.5 Å². The van der Waals surface area contributed by atoms with E-state index < -0.39 is 43.6 Å². The van der Waals surface area contributed by atoms with Crippen LogP contribution in [0.4, 0.5) is 34.1 Å². The Morgan fingerprint density at radius 2 is 1.06 bits per heavy atom. The zero-order chi connectivity index (χ0) is 60.6. The molecule has 440 valence electrons. The van der Waals surface area contributed by atoms with Crippen molar-refractivity contribution < 1.29 is 38.0 Å². The molecular formula is C64H68N8O10P2S. The number of nitrogens with one attached hydrogen (secondary N) is 2. The summed E-state index contributed by atoms with van der Waals surface area (Å²) in [7, 11) is -4.49. The number of non-ortho nitro benzene ring substituents is 2. The minimum Gasteiger partial charge on any atom is -0.466 e. The Kier molecular flexibility index (Phi) is 24.1. The van der Waals surface area contributed by atoms with E-state index >= 15 is 4.57 Å². The van der Waals surface area contributed by atoms with E-state index in [1.54, 1.807) is 38.1 Å². The zero-order valence-electron chi connectivity index (χ0n) is 47.4. The van der Waals surface area contributed by atoms with Gasteiger partial charge in [-0.3, -0.25) is 29.6 Å². The van der Waals surface area contributed by atoms with Gasteiger partial charge in [0.1, 0.15) is 0 Å². The van der Waals surface area contributed by atoms with Crippen molar-refractivity contribution in [3.63, 3.8) is 0 Å². The summed E-state index contributed by atoms with van der Waals surface area (Å²) in [6.45, 7) is 16.4. The summed E-state index contributed by atoms with van der Waals surface area (Å²) in [5.74, 6) is -1.90. The lowest BCUT2D eigenvalue weighted by atomic mass is 9.99. The van der Waals surface area contributed by atoms with Crippen LogP contribution in [0.25, 0.3) is 0 Å². The summed E-state index contributed by atoms with van der Waals surface area (Å²) < 4.78 is 40.2. The first kappa shape index (κ1) is 63.6. The number of nitro groups is 2. The highest BCUT2D eigenvalue weighted by molar-refractivity contribution is 7.80. The third-order valence-corrected chi connectivity index (χ3v) is 19.0. The molecule has 0 radical (unpaired) electrons. The molecule has 2 aliphatic rings. The van der Waals surface area contributed by atoms with Crippen LogP contribution in [0.5, 0.6) is 0 Å². The molecule has 0 amide bonds. The third-order valence-electron chi connectivity index (χ3n) is 13.4. The number of esters is 2. The summed E-state index contributed by atoms with van der Waals surface area (Å²) in [5.41, 5.74) is 9.40. The van der Waals surface area contributed by atoms with E-state index in [0.717, 1.165) is 30.0 Å². The van der Waals surface area contributed by atoms with Crippen LogP contribution < -0.4 is 29.3 Å². The standard InChI is InChI=1S/C27H28N3O5P.C24H27N4OPS.C13H13NO4/c1-3-35-27(31)26(20-22-14-16-25(17-15-22)30(32)33)21(2)36(34)28(23-10-6-4-7-11-23)18-19-29(36)24-12-8-5-9-13-24;31-24(26-20-21-10-4-1-5-11-21)25-16-19-29-30-27(22-12-6-2-7-13-22)17-18-28(30)23-14-8-3-9-15-23;1-3-11(13(15)18-4-2)9-10-5-7-12(8-6-10)14(16)17/h4-17,26H,2-3,18-20H2,1H3;1-15H,16-20H2,(H2,25,26,31);5-8H,1,4,9H2,2H3. The van der Waals surface area contributed by atoms with E-state index in [9.17, 15) is 29.8 Å². The number of rotatable bonds is 22. The van der Waals surface area contributed by atoms with Crippen LogP contribution in [0.3, 0.4) is 0 Å². The maximum Gasteiger partial charge on any atom is 0.342 e. The van der Waals surface area contributed by atoms with E-state index in [-0.39, 0.29) is 36.3 Å². The molecule has 85 heavy (non-hydrogen) atoms. The zero-order valence-corrected chi connectivity index (χ0v) is 50.0. The maximum atomic E-state index is 15.1. The number of nitro benzene ring substituents is 2. The highest BCUT2D eigenvalue weighted by Gasteiger charge is 2.49. The van der Waals surface area contributed by atoms with Crippen LogP contribution in [-0.4, -0.2) is 79.4 Å². The lowest BCUT2D eigenvalue weighted by molar-refractivity contribution is -0.385. The fourth-order valence-electron chi connectivity index (χ4n) is 9.23. The number of benzene rings is 7. The monoisotopic (exact) mass is 1200 g/mol. The number of para-hydroxylation sites is 4. The molecule has 0 aliphatic carbocycles. The normalized spacial score (nSPS) is 13.6. The van der Waals surface area contributed by atoms with Crippen molar-refractivity contribution in [3.8, 4) is 0 Å². The molecule has 2 fully saturated rings. The number of anilines is 4. The minimum absolute atomic E-state index is 0.0130. The van der Waals surface area contributed by atoms with Crippen LogP contribution in [0.15, 0.2) is 230 Å². The molecule has 9 rings (SSSR count). The second-order valence-corrected chi connectivity index (χ2v) is 23.7. The van der Waals surface area contributed by atoms with Gasteiger partial charge in [-0.25, -0.2) is 4.79 Å². The Morgan fingerprint density at radius 3 is 1.49 bits per heavy atom. The van der Waals surface area contributed by atoms with E-state index in [1.807, 2.05) is 100 Å². The van der Waals surface area contributed by atoms with Crippen molar-refractivity contribution in [2.24, 2.45) is 5.92 Å². The van der Waals surface area contributed by atoms with Crippen molar-refractivity contribution in [2.75, 3.05) is 71.2 Å². The van der Waals surface area contributed by atoms with Crippen LogP contribution in [0.1, 0.15) is 30.5 Å². The quantitative estimate of drug-likeness (QED) is 0.00947. The van der Waals surface area contributed by atoms with Crippen molar-refractivity contribution in [2.45, 2.75) is 33.2 Å². The lowest BCUT2D eigenvalue weighted by Crippen LogP contribution is -2.36. The molecule has 2 heterocycles. The van der Waals surface area contributed by atoms with Gasteiger partial charge in [0.2, 0.25) is 8.45 Å². The van der Waals surface area contributed by atoms with Gasteiger partial charge in [0.05, 0.1) is 41.2 Å². The van der Waals surface area contributed by atoms with Gasteiger partial charge < -0.3 is 43.3 Å². The highest BCUT2D eigenvalue weighted by Crippen LogP contribution is 2.67.